The molecule has 5 rings (SSSR count). The molecule has 0 radical (unpaired) electrons. The number of halogens is 1. The van der Waals surface area contributed by atoms with E-state index in [0.29, 0.717) is 40.8 Å². The van der Waals surface area contributed by atoms with Gasteiger partial charge in [-0.2, -0.15) is 0 Å². The minimum Gasteiger partial charge on any atom is -0.351 e. The number of H-pyrrole nitrogens is 1. The number of hydrogen-bond acceptors (Lipinski definition) is 5. The number of pyridine rings is 3. The van der Waals surface area contributed by atoms with Crippen molar-refractivity contribution >= 4 is 27.8 Å². The van der Waals surface area contributed by atoms with Gasteiger partial charge in [0, 0.05) is 52.9 Å². The van der Waals surface area contributed by atoms with E-state index >= 15 is 4.39 Å². The number of fused-ring (bicyclic) bond motifs is 3. The largest absolute Gasteiger partial charge is 0.351 e. The third-order valence-electron chi connectivity index (χ3n) is 5.51. The van der Waals surface area contributed by atoms with Crippen molar-refractivity contribution in [1.29, 1.82) is 0 Å². The summed E-state index contributed by atoms with van der Waals surface area (Å²) in [4.78, 5) is 28.5. The summed E-state index contributed by atoms with van der Waals surface area (Å²) < 4.78 is 15.1. The maximum absolute atomic E-state index is 15.1. The second-order valence-electron chi connectivity index (χ2n) is 7.62. The minimum absolute atomic E-state index is 0.170. The first-order valence-electron chi connectivity index (χ1n) is 10.6. The van der Waals surface area contributed by atoms with Crippen LogP contribution in [0.1, 0.15) is 10.4 Å². The Morgan fingerprint density at radius 1 is 1.03 bits per heavy atom. The monoisotopic (exact) mass is 440 g/mol. The van der Waals surface area contributed by atoms with Gasteiger partial charge in [-0.3, -0.25) is 14.8 Å². The van der Waals surface area contributed by atoms with Crippen LogP contribution < -0.4 is 10.6 Å². The minimum atomic E-state index is -0.436. The summed E-state index contributed by atoms with van der Waals surface area (Å²) in [5.74, 6) is -0.606. The Morgan fingerprint density at radius 3 is 2.64 bits per heavy atom. The van der Waals surface area contributed by atoms with Crippen LogP contribution in [0.4, 0.5) is 4.39 Å². The molecular formula is C25H21FN6O. The molecule has 0 aliphatic heterocycles. The lowest BCUT2D eigenvalue weighted by Gasteiger charge is -2.08. The number of hydrogen-bond donors (Lipinski definition) is 3. The van der Waals surface area contributed by atoms with Crippen molar-refractivity contribution in [2.75, 3.05) is 20.1 Å². The number of likely N-dealkylation sites (N-methyl/N-ethyl adjacent to an activating group) is 1. The van der Waals surface area contributed by atoms with Gasteiger partial charge < -0.3 is 15.6 Å². The smallest absolute Gasteiger partial charge is 0.251 e. The average molecular weight is 440 g/mol. The summed E-state index contributed by atoms with van der Waals surface area (Å²) in [6.07, 6.45) is 6.37. The standard InChI is InChI=1S/C25H21FN6O/c1-27-9-10-29-25(33)16-6-4-15(5-7-16)22-19(26)13-31-24-23(22)18-11-20(30-14-21(18)32-24)17-3-2-8-28-12-17/h2-8,11-14,27H,9-10H2,1H3,(H,29,33)(H,31,32). The summed E-state index contributed by atoms with van der Waals surface area (Å²) in [7, 11) is 1.82. The van der Waals surface area contributed by atoms with E-state index in [4.69, 9.17) is 0 Å². The third-order valence-corrected chi connectivity index (χ3v) is 5.51. The molecule has 0 bridgehead atoms. The van der Waals surface area contributed by atoms with Gasteiger partial charge in [-0.1, -0.05) is 12.1 Å². The number of aromatic nitrogens is 4. The topological polar surface area (TPSA) is 95.6 Å². The van der Waals surface area contributed by atoms with Crippen LogP contribution in [0.3, 0.4) is 0 Å². The molecule has 0 fully saturated rings. The number of amides is 1. The van der Waals surface area contributed by atoms with E-state index in [9.17, 15) is 4.79 Å². The maximum Gasteiger partial charge on any atom is 0.251 e. The third kappa shape index (κ3) is 3.92. The molecular weight excluding hydrogens is 419 g/mol. The van der Waals surface area contributed by atoms with Crippen LogP contribution in [0.5, 0.6) is 0 Å². The molecule has 1 amide bonds. The molecule has 0 aliphatic rings. The predicted octanol–water partition coefficient (Wildman–Crippen LogP) is 3.93. The van der Waals surface area contributed by atoms with Crippen molar-refractivity contribution in [3.63, 3.8) is 0 Å². The molecule has 7 nitrogen and oxygen atoms in total. The lowest BCUT2D eigenvalue weighted by molar-refractivity contribution is 0.0954. The summed E-state index contributed by atoms with van der Waals surface area (Å²) in [5.41, 5.74) is 4.54. The van der Waals surface area contributed by atoms with E-state index in [1.807, 2.05) is 25.2 Å². The highest BCUT2D eigenvalue weighted by Crippen LogP contribution is 2.36. The van der Waals surface area contributed by atoms with Gasteiger partial charge in [0.05, 0.1) is 23.6 Å². The van der Waals surface area contributed by atoms with E-state index in [2.05, 4.69) is 30.6 Å². The molecule has 0 saturated carbocycles. The fraction of sp³-hybridized carbons (Fsp3) is 0.120. The van der Waals surface area contributed by atoms with Crippen LogP contribution in [-0.4, -0.2) is 46.0 Å². The summed E-state index contributed by atoms with van der Waals surface area (Å²) in [5, 5.41) is 7.31. The summed E-state index contributed by atoms with van der Waals surface area (Å²) >= 11 is 0. The second-order valence-corrected chi connectivity index (χ2v) is 7.62. The zero-order valence-corrected chi connectivity index (χ0v) is 17.9. The van der Waals surface area contributed by atoms with Crippen molar-refractivity contribution in [3.05, 3.63) is 78.6 Å². The van der Waals surface area contributed by atoms with Gasteiger partial charge in [0.15, 0.2) is 0 Å². The number of benzene rings is 1. The highest BCUT2D eigenvalue weighted by Gasteiger charge is 2.18. The first-order valence-corrected chi connectivity index (χ1v) is 10.6. The molecule has 0 atom stereocenters. The summed E-state index contributed by atoms with van der Waals surface area (Å²) in [6.45, 7) is 1.21. The zero-order chi connectivity index (χ0) is 22.8. The van der Waals surface area contributed by atoms with E-state index in [1.54, 1.807) is 42.9 Å². The van der Waals surface area contributed by atoms with Gasteiger partial charge >= 0.3 is 0 Å². The van der Waals surface area contributed by atoms with E-state index < -0.39 is 5.82 Å². The van der Waals surface area contributed by atoms with Gasteiger partial charge in [0.2, 0.25) is 0 Å². The molecule has 0 spiro atoms. The molecule has 33 heavy (non-hydrogen) atoms. The number of nitrogens with zero attached hydrogens (tertiary/aromatic N) is 3. The normalized spacial score (nSPS) is 11.2. The maximum atomic E-state index is 15.1. The van der Waals surface area contributed by atoms with E-state index in [1.165, 1.54) is 6.20 Å². The van der Waals surface area contributed by atoms with Crippen LogP contribution in [0.25, 0.3) is 44.3 Å². The number of carbonyl (C=O) groups is 1. The fourth-order valence-corrected chi connectivity index (χ4v) is 3.88. The SMILES string of the molecule is CNCCNC(=O)c1ccc(-c2c(F)cnc3[nH]c4cnc(-c5cccnc5)cc4c23)cc1. The van der Waals surface area contributed by atoms with Crippen LogP contribution in [-0.2, 0) is 0 Å². The highest BCUT2D eigenvalue weighted by molar-refractivity contribution is 6.13. The second kappa shape index (κ2) is 8.76. The van der Waals surface area contributed by atoms with Crippen molar-refractivity contribution in [2.45, 2.75) is 0 Å². The average Bonchev–Trinajstić information content (AvgIpc) is 3.23. The number of carbonyl (C=O) groups excluding carboxylic acids is 1. The van der Waals surface area contributed by atoms with Crippen LogP contribution in [0.2, 0.25) is 0 Å². The number of nitrogens with one attached hydrogen (secondary N) is 3. The van der Waals surface area contributed by atoms with Gasteiger partial charge in [-0.15, -0.1) is 0 Å². The van der Waals surface area contributed by atoms with Crippen LogP contribution in [0.15, 0.2) is 67.3 Å². The molecule has 0 saturated heterocycles. The highest BCUT2D eigenvalue weighted by atomic mass is 19.1. The molecule has 164 valence electrons. The molecule has 1 aromatic carbocycles. The number of aromatic amines is 1. The molecule has 5 aromatic rings. The first kappa shape index (κ1) is 20.7. The van der Waals surface area contributed by atoms with Crippen molar-refractivity contribution in [2.24, 2.45) is 0 Å². The van der Waals surface area contributed by atoms with Gasteiger partial charge in [-0.25, -0.2) is 9.37 Å². The molecule has 3 N–H and O–H groups in total. The molecule has 4 heterocycles. The zero-order valence-electron chi connectivity index (χ0n) is 17.9. The Labute approximate surface area is 189 Å². The van der Waals surface area contributed by atoms with Gasteiger partial charge in [0.25, 0.3) is 5.91 Å². The fourth-order valence-electron chi connectivity index (χ4n) is 3.88. The Balaban J connectivity index is 1.60. The lowest BCUT2D eigenvalue weighted by Crippen LogP contribution is -2.30. The van der Waals surface area contributed by atoms with Gasteiger partial charge in [0.1, 0.15) is 11.5 Å². The molecule has 0 aliphatic carbocycles. The predicted molar refractivity (Wildman–Crippen MR) is 126 cm³/mol. The Bertz CT molecular complexity index is 1450. The lowest BCUT2D eigenvalue weighted by atomic mass is 9.99. The van der Waals surface area contributed by atoms with Crippen LogP contribution >= 0.6 is 0 Å². The van der Waals surface area contributed by atoms with Gasteiger partial charge in [-0.05, 0) is 42.9 Å². The summed E-state index contributed by atoms with van der Waals surface area (Å²) in [6, 6.07) is 12.6. The molecule has 8 heteroatoms. The van der Waals surface area contributed by atoms with Crippen molar-refractivity contribution in [1.82, 2.24) is 30.6 Å². The van der Waals surface area contributed by atoms with Crippen molar-refractivity contribution in [3.8, 4) is 22.4 Å². The van der Waals surface area contributed by atoms with Crippen molar-refractivity contribution < 1.29 is 9.18 Å². The van der Waals surface area contributed by atoms with Crippen LogP contribution in [0, 0.1) is 5.82 Å². The number of rotatable bonds is 6. The first-order chi connectivity index (χ1) is 16.2. The molecule has 4 aromatic heterocycles. The Morgan fingerprint density at radius 2 is 1.88 bits per heavy atom. The molecule has 0 unspecified atom stereocenters. The van der Waals surface area contributed by atoms with E-state index in [0.717, 1.165) is 22.2 Å². The Hall–Kier alpha value is -4.17. The quantitative estimate of drug-likeness (QED) is 0.348. The Kier molecular flexibility index (Phi) is 5.50. The van der Waals surface area contributed by atoms with E-state index in [-0.39, 0.29) is 5.91 Å².